The van der Waals surface area contributed by atoms with E-state index >= 15 is 0 Å². The normalized spacial score (nSPS) is 11.4. The highest BCUT2D eigenvalue weighted by Crippen LogP contribution is 2.16. The number of ketones is 1. The van der Waals surface area contributed by atoms with Gasteiger partial charge in [0.2, 0.25) is 0 Å². The molecule has 1 aromatic carbocycles. The first-order chi connectivity index (χ1) is 11.2. The number of aryl methyl sites for hydroxylation is 1. The molecule has 0 aliphatic heterocycles. The van der Waals surface area contributed by atoms with Crippen molar-refractivity contribution in [3.8, 4) is 0 Å². The molecule has 0 spiro atoms. The van der Waals surface area contributed by atoms with E-state index in [-0.39, 0.29) is 18.2 Å². The molecule has 5 heteroatoms. The van der Waals surface area contributed by atoms with E-state index < -0.39 is 5.60 Å². The van der Waals surface area contributed by atoms with Gasteiger partial charge in [-0.1, -0.05) is 30.3 Å². The number of aliphatic hydroxyl groups is 1. The van der Waals surface area contributed by atoms with Crippen LogP contribution in [0, 0.1) is 0 Å². The number of carbonyl (C=O) groups excluding carboxylic acids is 2. The topological polar surface area (TPSA) is 62.5 Å². The zero-order valence-electron chi connectivity index (χ0n) is 14.6. The van der Waals surface area contributed by atoms with Crippen LogP contribution in [0.2, 0.25) is 0 Å². The maximum Gasteiger partial charge on any atom is 0.270 e. The Morgan fingerprint density at radius 1 is 1.21 bits per heavy atom. The third-order valence-corrected chi connectivity index (χ3v) is 3.71. The van der Waals surface area contributed by atoms with E-state index in [1.165, 1.54) is 6.92 Å². The number of hydrogen-bond acceptors (Lipinski definition) is 3. The summed E-state index contributed by atoms with van der Waals surface area (Å²) >= 11 is 0. The van der Waals surface area contributed by atoms with Crippen LogP contribution in [0.1, 0.15) is 47.2 Å². The predicted octanol–water partition coefficient (Wildman–Crippen LogP) is 2.64. The predicted molar refractivity (Wildman–Crippen MR) is 92.9 cm³/mol. The molecule has 0 aliphatic carbocycles. The Hall–Kier alpha value is -2.40. The number of aromatic nitrogens is 1. The maximum absolute atomic E-state index is 13.0. The monoisotopic (exact) mass is 328 g/mol. The van der Waals surface area contributed by atoms with Gasteiger partial charge >= 0.3 is 0 Å². The number of carbonyl (C=O) groups is 2. The standard InChI is InChI=1S/C19H24N2O3/c1-14(22)16-10-17(20(4)12-16)18(23)21(13-19(2,3)24)11-15-8-6-5-7-9-15/h5-10,12,24H,11,13H2,1-4H3. The van der Waals surface area contributed by atoms with Gasteiger partial charge in [0.15, 0.2) is 5.78 Å². The van der Waals surface area contributed by atoms with Crippen molar-refractivity contribution in [2.24, 2.45) is 7.05 Å². The van der Waals surface area contributed by atoms with Crippen molar-refractivity contribution in [1.29, 1.82) is 0 Å². The molecule has 2 rings (SSSR count). The molecular formula is C19H24N2O3. The molecule has 0 radical (unpaired) electrons. The van der Waals surface area contributed by atoms with Crippen LogP contribution in [0.25, 0.3) is 0 Å². The molecule has 0 saturated carbocycles. The maximum atomic E-state index is 13.0. The Bertz CT molecular complexity index is 727. The highest BCUT2D eigenvalue weighted by atomic mass is 16.3. The molecule has 128 valence electrons. The fourth-order valence-electron chi connectivity index (χ4n) is 2.60. The number of nitrogens with zero attached hydrogens (tertiary/aromatic N) is 2. The summed E-state index contributed by atoms with van der Waals surface area (Å²) in [4.78, 5) is 26.1. The Morgan fingerprint density at radius 3 is 2.33 bits per heavy atom. The fourth-order valence-corrected chi connectivity index (χ4v) is 2.60. The van der Waals surface area contributed by atoms with Crippen LogP contribution in [0.5, 0.6) is 0 Å². The number of amides is 1. The van der Waals surface area contributed by atoms with Crippen molar-refractivity contribution in [3.63, 3.8) is 0 Å². The lowest BCUT2D eigenvalue weighted by molar-refractivity contribution is 0.0275. The molecule has 1 amide bonds. The van der Waals surface area contributed by atoms with Gasteiger partial charge in [-0.25, -0.2) is 0 Å². The Balaban J connectivity index is 2.32. The van der Waals surface area contributed by atoms with Crippen molar-refractivity contribution in [1.82, 2.24) is 9.47 Å². The van der Waals surface area contributed by atoms with Gasteiger partial charge in [-0.2, -0.15) is 0 Å². The minimum atomic E-state index is -1.01. The molecule has 1 heterocycles. The Morgan fingerprint density at radius 2 is 1.83 bits per heavy atom. The smallest absolute Gasteiger partial charge is 0.270 e. The minimum Gasteiger partial charge on any atom is -0.389 e. The minimum absolute atomic E-state index is 0.0817. The largest absolute Gasteiger partial charge is 0.389 e. The van der Waals surface area contributed by atoms with Gasteiger partial charge in [-0.3, -0.25) is 9.59 Å². The van der Waals surface area contributed by atoms with Crippen LogP contribution in [-0.4, -0.2) is 38.4 Å². The van der Waals surface area contributed by atoms with Gasteiger partial charge < -0.3 is 14.6 Å². The van der Waals surface area contributed by atoms with Crippen molar-refractivity contribution >= 4 is 11.7 Å². The SMILES string of the molecule is CC(=O)c1cc(C(=O)N(Cc2ccccc2)CC(C)(C)O)n(C)c1. The van der Waals surface area contributed by atoms with E-state index in [1.54, 1.807) is 42.6 Å². The van der Waals surface area contributed by atoms with Crippen molar-refractivity contribution < 1.29 is 14.7 Å². The lowest BCUT2D eigenvalue weighted by Gasteiger charge is -2.29. The van der Waals surface area contributed by atoms with Gasteiger partial charge in [0, 0.05) is 31.9 Å². The van der Waals surface area contributed by atoms with E-state index in [0.29, 0.717) is 17.8 Å². The summed E-state index contributed by atoms with van der Waals surface area (Å²) < 4.78 is 1.65. The number of rotatable bonds is 6. The summed E-state index contributed by atoms with van der Waals surface area (Å²) in [5, 5.41) is 10.2. The van der Waals surface area contributed by atoms with E-state index in [0.717, 1.165) is 5.56 Å². The molecule has 1 N–H and O–H groups in total. The van der Waals surface area contributed by atoms with Crippen LogP contribution in [0.4, 0.5) is 0 Å². The zero-order chi connectivity index (χ0) is 17.9. The lowest BCUT2D eigenvalue weighted by Crippen LogP contribution is -2.42. The average molecular weight is 328 g/mol. The molecular weight excluding hydrogens is 304 g/mol. The third kappa shape index (κ3) is 4.55. The molecule has 0 bridgehead atoms. The molecule has 0 atom stereocenters. The summed E-state index contributed by atoms with van der Waals surface area (Å²) in [6, 6.07) is 11.2. The first-order valence-electron chi connectivity index (χ1n) is 7.90. The molecule has 5 nitrogen and oxygen atoms in total. The summed E-state index contributed by atoms with van der Waals surface area (Å²) in [5.74, 6) is -0.294. The lowest BCUT2D eigenvalue weighted by atomic mass is 10.1. The average Bonchev–Trinajstić information content (AvgIpc) is 2.88. The number of hydrogen-bond donors (Lipinski definition) is 1. The summed E-state index contributed by atoms with van der Waals surface area (Å²) in [5.41, 5.74) is 0.902. The first-order valence-corrected chi connectivity index (χ1v) is 7.90. The van der Waals surface area contributed by atoms with Crippen molar-refractivity contribution in [2.75, 3.05) is 6.54 Å². The van der Waals surface area contributed by atoms with Gasteiger partial charge in [0.25, 0.3) is 5.91 Å². The number of Topliss-reactive ketones (excluding diaryl/α,β-unsaturated/α-hetero) is 1. The van der Waals surface area contributed by atoms with Crippen LogP contribution in [-0.2, 0) is 13.6 Å². The molecule has 2 aromatic rings. The van der Waals surface area contributed by atoms with Crippen LogP contribution in [0.15, 0.2) is 42.6 Å². The molecule has 0 aliphatic rings. The Kier molecular flexibility index (Phi) is 5.24. The number of benzene rings is 1. The summed E-state index contributed by atoms with van der Waals surface area (Å²) in [6.07, 6.45) is 1.65. The van der Waals surface area contributed by atoms with E-state index in [4.69, 9.17) is 0 Å². The molecule has 1 aromatic heterocycles. The summed E-state index contributed by atoms with van der Waals surface area (Å²) in [6.45, 7) is 5.41. The highest BCUT2D eigenvalue weighted by Gasteiger charge is 2.26. The summed E-state index contributed by atoms with van der Waals surface area (Å²) in [7, 11) is 1.74. The highest BCUT2D eigenvalue weighted by molar-refractivity contribution is 5.99. The molecule has 24 heavy (non-hydrogen) atoms. The van der Waals surface area contributed by atoms with Gasteiger partial charge in [-0.15, -0.1) is 0 Å². The zero-order valence-corrected chi connectivity index (χ0v) is 14.6. The van der Waals surface area contributed by atoms with Crippen LogP contribution >= 0.6 is 0 Å². The second-order valence-corrected chi connectivity index (χ2v) is 6.74. The van der Waals surface area contributed by atoms with Gasteiger partial charge in [0.1, 0.15) is 5.69 Å². The van der Waals surface area contributed by atoms with E-state index in [1.807, 2.05) is 30.3 Å². The third-order valence-electron chi connectivity index (χ3n) is 3.71. The second kappa shape index (κ2) is 7.01. The first kappa shape index (κ1) is 17.9. The Labute approximate surface area is 142 Å². The second-order valence-electron chi connectivity index (χ2n) is 6.74. The van der Waals surface area contributed by atoms with Gasteiger partial charge in [-0.05, 0) is 32.4 Å². The molecule has 0 unspecified atom stereocenters. The van der Waals surface area contributed by atoms with Crippen LogP contribution in [0.3, 0.4) is 0 Å². The quantitative estimate of drug-likeness (QED) is 0.829. The fraction of sp³-hybridized carbons (Fsp3) is 0.368. The van der Waals surface area contributed by atoms with Gasteiger partial charge in [0.05, 0.1) is 5.60 Å². The molecule has 0 saturated heterocycles. The van der Waals surface area contributed by atoms with Crippen molar-refractivity contribution in [3.05, 3.63) is 59.4 Å². The van der Waals surface area contributed by atoms with E-state index in [2.05, 4.69) is 0 Å². The van der Waals surface area contributed by atoms with Crippen LogP contribution < -0.4 is 0 Å². The van der Waals surface area contributed by atoms with E-state index in [9.17, 15) is 14.7 Å². The molecule has 0 fully saturated rings. The van der Waals surface area contributed by atoms with Crippen molar-refractivity contribution in [2.45, 2.75) is 32.9 Å².